The zero-order chi connectivity index (χ0) is 19.4. The second-order valence-corrected chi connectivity index (χ2v) is 8.72. The van der Waals surface area contributed by atoms with Crippen LogP contribution in [0.1, 0.15) is 38.8 Å². The number of carbonyl (C=O) groups is 1. The van der Waals surface area contributed by atoms with E-state index in [4.69, 9.17) is 0 Å². The van der Waals surface area contributed by atoms with E-state index in [2.05, 4.69) is 9.88 Å². The Morgan fingerprint density at radius 1 is 1.33 bits per heavy atom. The highest BCUT2D eigenvalue weighted by Gasteiger charge is 2.24. The molecule has 1 aliphatic heterocycles. The third-order valence-electron chi connectivity index (χ3n) is 5.21. The molecule has 6 heteroatoms. The summed E-state index contributed by atoms with van der Waals surface area (Å²) >= 11 is 1.48. The molecule has 1 saturated heterocycles. The first-order valence-electron chi connectivity index (χ1n) is 9.58. The van der Waals surface area contributed by atoms with Gasteiger partial charge in [-0.2, -0.15) is 0 Å². The van der Waals surface area contributed by atoms with Crippen molar-refractivity contribution in [1.82, 2.24) is 14.8 Å². The summed E-state index contributed by atoms with van der Waals surface area (Å²) in [6, 6.07) is 6.78. The molecule has 0 bridgehead atoms. The van der Waals surface area contributed by atoms with E-state index in [1.165, 1.54) is 29.0 Å². The molecule has 2 heterocycles. The fourth-order valence-corrected chi connectivity index (χ4v) is 4.73. The Hall–Kier alpha value is -1.79. The Morgan fingerprint density at radius 3 is 2.74 bits per heavy atom. The van der Waals surface area contributed by atoms with Crippen molar-refractivity contribution in [3.05, 3.63) is 51.2 Å². The lowest BCUT2D eigenvalue weighted by molar-refractivity contribution is 0.0734. The number of hydrogen-bond donors (Lipinski definition) is 0. The number of carbonyl (C=O) groups excluding carboxylic acids is 1. The predicted molar refractivity (Wildman–Crippen MR) is 108 cm³/mol. The van der Waals surface area contributed by atoms with Gasteiger partial charge in [-0.05, 0) is 63.3 Å². The van der Waals surface area contributed by atoms with Crippen LogP contribution in [0.15, 0.2) is 24.3 Å². The molecule has 1 aliphatic rings. The maximum atomic E-state index is 13.0. The summed E-state index contributed by atoms with van der Waals surface area (Å²) in [6.45, 7) is 7.72. The van der Waals surface area contributed by atoms with Crippen LogP contribution in [0.2, 0.25) is 0 Å². The van der Waals surface area contributed by atoms with Crippen LogP contribution >= 0.6 is 11.3 Å². The number of piperidine rings is 1. The lowest BCUT2D eigenvalue weighted by Gasteiger charge is -2.34. The molecule has 0 radical (unpaired) electrons. The van der Waals surface area contributed by atoms with Crippen molar-refractivity contribution in [2.75, 3.05) is 33.2 Å². The molecule has 27 heavy (non-hydrogen) atoms. The first kappa shape index (κ1) is 20.0. The number of rotatable bonds is 6. The highest BCUT2D eigenvalue weighted by molar-refractivity contribution is 7.13. The highest BCUT2D eigenvalue weighted by atomic mass is 32.1. The molecule has 1 fully saturated rings. The maximum absolute atomic E-state index is 13.0. The highest BCUT2D eigenvalue weighted by Crippen LogP contribution is 2.22. The summed E-state index contributed by atoms with van der Waals surface area (Å²) < 4.78 is 13.0. The van der Waals surface area contributed by atoms with Crippen LogP contribution in [0.25, 0.3) is 0 Å². The second-order valence-electron chi connectivity index (χ2n) is 7.52. The zero-order valence-corrected chi connectivity index (χ0v) is 17.2. The minimum Gasteiger partial charge on any atom is -0.341 e. The van der Waals surface area contributed by atoms with Crippen molar-refractivity contribution in [2.24, 2.45) is 5.92 Å². The Kier molecular flexibility index (Phi) is 6.60. The summed E-state index contributed by atoms with van der Waals surface area (Å²) in [6.07, 6.45) is 3.25. The number of nitrogens with zero attached hydrogens (tertiary/aromatic N) is 3. The molecule has 1 atom stereocenters. The lowest BCUT2D eigenvalue weighted by Crippen LogP contribution is -2.42. The van der Waals surface area contributed by atoms with E-state index in [0.29, 0.717) is 5.92 Å². The molecule has 2 aromatic rings. The van der Waals surface area contributed by atoms with Gasteiger partial charge in [0, 0.05) is 26.7 Å². The number of thiazole rings is 1. The average molecular weight is 390 g/mol. The summed E-state index contributed by atoms with van der Waals surface area (Å²) in [5, 5.41) is 0.939. The number of aryl methyl sites for hydroxylation is 2. The number of aromatic nitrogens is 1. The summed E-state index contributed by atoms with van der Waals surface area (Å²) in [7, 11) is 1.90. The average Bonchev–Trinajstić information content (AvgIpc) is 2.99. The van der Waals surface area contributed by atoms with Gasteiger partial charge in [0.1, 0.15) is 10.7 Å². The van der Waals surface area contributed by atoms with E-state index in [-0.39, 0.29) is 11.7 Å². The summed E-state index contributed by atoms with van der Waals surface area (Å²) in [4.78, 5) is 22.2. The molecule has 1 aromatic carbocycles. The largest absolute Gasteiger partial charge is 0.341 e. The van der Waals surface area contributed by atoms with Crippen LogP contribution < -0.4 is 0 Å². The van der Waals surface area contributed by atoms with Gasteiger partial charge in [0.05, 0.1) is 10.7 Å². The third kappa shape index (κ3) is 5.36. The van der Waals surface area contributed by atoms with Crippen molar-refractivity contribution in [3.8, 4) is 0 Å². The van der Waals surface area contributed by atoms with Crippen molar-refractivity contribution >= 4 is 17.2 Å². The van der Waals surface area contributed by atoms with Gasteiger partial charge in [-0.25, -0.2) is 9.37 Å². The van der Waals surface area contributed by atoms with Crippen LogP contribution in [0.4, 0.5) is 4.39 Å². The van der Waals surface area contributed by atoms with E-state index in [9.17, 15) is 9.18 Å². The van der Waals surface area contributed by atoms with E-state index in [1.54, 1.807) is 0 Å². The molecular formula is C21H28FN3OS. The fourth-order valence-electron chi connectivity index (χ4n) is 3.81. The second kappa shape index (κ2) is 8.93. The van der Waals surface area contributed by atoms with Crippen LogP contribution in [0.5, 0.6) is 0 Å². The smallest absolute Gasteiger partial charge is 0.265 e. The molecule has 0 aliphatic carbocycles. The molecule has 146 valence electrons. The molecular weight excluding hydrogens is 361 g/mol. The van der Waals surface area contributed by atoms with Crippen molar-refractivity contribution in [3.63, 3.8) is 0 Å². The van der Waals surface area contributed by atoms with Gasteiger partial charge >= 0.3 is 0 Å². The molecule has 0 saturated carbocycles. The minimum absolute atomic E-state index is 0.0848. The van der Waals surface area contributed by atoms with Gasteiger partial charge in [-0.3, -0.25) is 4.79 Å². The number of halogens is 1. The number of likely N-dealkylation sites (tertiary alicyclic amines) is 1. The Bertz CT molecular complexity index is 774. The Morgan fingerprint density at radius 2 is 2.07 bits per heavy atom. The quantitative estimate of drug-likeness (QED) is 0.751. The van der Waals surface area contributed by atoms with E-state index in [1.807, 2.05) is 37.9 Å². The van der Waals surface area contributed by atoms with Gasteiger partial charge in [-0.15, -0.1) is 11.3 Å². The van der Waals surface area contributed by atoms with Gasteiger partial charge in [0.25, 0.3) is 5.91 Å². The molecule has 4 nitrogen and oxygen atoms in total. The number of amides is 1. The topological polar surface area (TPSA) is 36.4 Å². The Balaban J connectivity index is 1.50. The van der Waals surface area contributed by atoms with E-state index in [0.717, 1.165) is 61.0 Å². The lowest BCUT2D eigenvalue weighted by atomic mass is 9.97. The molecule has 3 rings (SSSR count). The fraction of sp³-hybridized carbons (Fsp3) is 0.524. The Labute approximate surface area is 165 Å². The van der Waals surface area contributed by atoms with E-state index >= 15 is 0 Å². The van der Waals surface area contributed by atoms with Crippen molar-refractivity contribution in [1.29, 1.82) is 0 Å². The first-order chi connectivity index (χ1) is 12.9. The molecule has 1 aromatic heterocycles. The predicted octanol–water partition coefficient (Wildman–Crippen LogP) is 3.93. The van der Waals surface area contributed by atoms with Crippen LogP contribution in [-0.4, -0.2) is 53.9 Å². The van der Waals surface area contributed by atoms with Crippen LogP contribution in [-0.2, 0) is 6.42 Å². The molecule has 0 N–H and O–H groups in total. The number of benzene rings is 1. The SMILES string of the molecule is Cc1nc(C)c(C(=O)N(C)C[C@H]2CCCN(CCc3ccc(F)cc3)C2)s1. The van der Waals surface area contributed by atoms with E-state index < -0.39 is 0 Å². The summed E-state index contributed by atoms with van der Waals surface area (Å²) in [5.41, 5.74) is 2.00. The first-order valence-corrected chi connectivity index (χ1v) is 10.4. The standard InChI is InChI=1S/C21H28FN3OS/c1-15-20(27-16(2)23-15)21(26)24(3)13-18-5-4-11-25(14-18)12-10-17-6-8-19(22)9-7-17/h6-9,18H,4-5,10-14H2,1-3H3/t18-/m1/s1. The maximum Gasteiger partial charge on any atom is 0.265 e. The normalized spacial score (nSPS) is 17.9. The molecule has 1 amide bonds. The monoisotopic (exact) mass is 389 g/mol. The van der Waals surface area contributed by atoms with Crippen LogP contribution in [0, 0.1) is 25.6 Å². The van der Waals surface area contributed by atoms with Gasteiger partial charge in [0.15, 0.2) is 0 Å². The molecule has 0 unspecified atom stereocenters. The van der Waals surface area contributed by atoms with Gasteiger partial charge in [-0.1, -0.05) is 12.1 Å². The van der Waals surface area contributed by atoms with Gasteiger partial charge < -0.3 is 9.80 Å². The van der Waals surface area contributed by atoms with Crippen molar-refractivity contribution < 1.29 is 9.18 Å². The van der Waals surface area contributed by atoms with Crippen LogP contribution in [0.3, 0.4) is 0 Å². The summed E-state index contributed by atoms with van der Waals surface area (Å²) in [5.74, 6) is 0.396. The molecule has 0 spiro atoms. The zero-order valence-electron chi connectivity index (χ0n) is 16.4. The minimum atomic E-state index is -0.184. The number of hydrogen-bond acceptors (Lipinski definition) is 4. The third-order valence-corrected chi connectivity index (χ3v) is 6.27. The van der Waals surface area contributed by atoms with Gasteiger partial charge in [0.2, 0.25) is 0 Å². The van der Waals surface area contributed by atoms with Crippen molar-refractivity contribution in [2.45, 2.75) is 33.1 Å².